The summed E-state index contributed by atoms with van der Waals surface area (Å²) in [5.74, 6) is -2.79. The topological polar surface area (TPSA) is 61.3 Å². The number of hydrogen-bond donors (Lipinski definition) is 1. The number of benzene rings is 1. The van der Waals surface area contributed by atoms with E-state index in [2.05, 4.69) is 14.4 Å². The zero-order chi connectivity index (χ0) is 12.6. The van der Waals surface area contributed by atoms with Gasteiger partial charge < -0.3 is 15.0 Å². The van der Waals surface area contributed by atoms with Gasteiger partial charge in [-0.05, 0) is 6.07 Å². The number of nitrogens with two attached hydrogens (primary N) is 1. The third-order valence-electron chi connectivity index (χ3n) is 2.21. The fraction of sp³-hybridized carbons (Fsp3) is 0.100. The maximum atomic E-state index is 13.7. The van der Waals surface area contributed by atoms with Gasteiger partial charge in [-0.1, -0.05) is 16.8 Å². The summed E-state index contributed by atoms with van der Waals surface area (Å²) in [7, 11) is 1.19. The minimum absolute atomic E-state index is 0.0676. The Morgan fingerprint density at radius 3 is 2.59 bits per heavy atom. The predicted molar refractivity (Wildman–Crippen MR) is 57.8 cm³/mol. The first-order valence-electron chi connectivity index (χ1n) is 4.48. The monoisotopic (exact) mass is 260 g/mol. The lowest BCUT2D eigenvalue weighted by Gasteiger charge is -2.08. The van der Waals surface area contributed by atoms with E-state index in [1.807, 2.05) is 0 Å². The Labute approximate surface area is 99.9 Å². The molecule has 0 aliphatic rings. The first-order valence-corrected chi connectivity index (χ1v) is 4.86. The molecule has 2 N–H and O–H groups in total. The maximum Gasteiger partial charge on any atom is 0.230 e. The van der Waals surface area contributed by atoms with Crippen molar-refractivity contribution in [3.63, 3.8) is 0 Å². The van der Waals surface area contributed by atoms with Crippen LogP contribution in [-0.2, 0) is 0 Å². The summed E-state index contributed by atoms with van der Waals surface area (Å²) in [6.07, 6.45) is 1.18. The number of aromatic nitrogens is 1. The summed E-state index contributed by atoms with van der Waals surface area (Å²) >= 11 is 5.75. The van der Waals surface area contributed by atoms with Crippen LogP contribution in [0, 0.1) is 11.6 Å². The van der Waals surface area contributed by atoms with Crippen LogP contribution in [0.15, 0.2) is 16.8 Å². The second-order valence-electron chi connectivity index (χ2n) is 3.17. The molecule has 0 unspecified atom stereocenters. The van der Waals surface area contributed by atoms with Crippen molar-refractivity contribution in [3.8, 4) is 16.9 Å². The molecule has 1 aromatic carbocycles. The fourth-order valence-electron chi connectivity index (χ4n) is 1.41. The molecule has 1 aromatic heterocycles. The number of ether oxygens (including phenoxy) is 1. The molecule has 7 heteroatoms. The molecule has 0 saturated carbocycles. The average Bonchev–Trinajstić information content (AvgIpc) is 2.71. The predicted octanol–water partition coefficient (Wildman–Crippen LogP) is 2.86. The molecule has 0 bridgehead atoms. The van der Waals surface area contributed by atoms with Crippen molar-refractivity contribution < 1.29 is 18.0 Å². The molecule has 0 aliphatic heterocycles. The number of nitrogens with zero attached hydrogens (tertiary/aromatic N) is 1. The van der Waals surface area contributed by atoms with Gasteiger partial charge in [-0.2, -0.15) is 4.39 Å². The molecule has 2 aromatic rings. The van der Waals surface area contributed by atoms with E-state index < -0.39 is 11.6 Å². The van der Waals surface area contributed by atoms with Crippen LogP contribution in [0.5, 0.6) is 5.75 Å². The van der Waals surface area contributed by atoms with Crippen LogP contribution in [0.2, 0.25) is 5.02 Å². The smallest absolute Gasteiger partial charge is 0.230 e. The van der Waals surface area contributed by atoms with Crippen molar-refractivity contribution in [2.24, 2.45) is 0 Å². The summed E-state index contributed by atoms with van der Waals surface area (Å²) < 4.78 is 36.5. The summed E-state index contributed by atoms with van der Waals surface area (Å²) in [5, 5.41) is 3.31. The Morgan fingerprint density at radius 1 is 1.35 bits per heavy atom. The van der Waals surface area contributed by atoms with Gasteiger partial charge in [0.05, 0.1) is 23.9 Å². The summed E-state index contributed by atoms with van der Waals surface area (Å²) in [4.78, 5) is 0. The molecule has 1 heterocycles. The van der Waals surface area contributed by atoms with Gasteiger partial charge in [0.1, 0.15) is 0 Å². The fourth-order valence-corrected chi connectivity index (χ4v) is 1.68. The Hall–Kier alpha value is -1.82. The van der Waals surface area contributed by atoms with E-state index in [9.17, 15) is 8.78 Å². The number of methoxy groups -OCH3 is 1. The summed E-state index contributed by atoms with van der Waals surface area (Å²) in [5.41, 5.74) is 5.42. The number of rotatable bonds is 2. The molecule has 0 spiro atoms. The van der Waals surface area contributed by atoms with Crippen LogP contribution >= 0.6 is 11.6 Å². The van der Waals surface area contributed by atoms with Gasteiger partial charge >= 0.3 is 0 Å². The first-order chi connectivity index (χ1) is 8.06. The van der Waals surface area contributed by atoms with Crippen LogP contribution in [-0.4, -0.2) is 12.3 Å². The Kier molecular flexibility index (Phi) is 2.89. The molecule has 0 saturated heterocycles. The minimum atomic E-state index is -1.18. The minimum Gasteiger partial charge on any atom is -0.492 e. The summed E-state index contributed by atoms with van der Waals surface area (Å²) in [6, 6.07) is 1.20. The number of hydrogen-bond acceptors (Lipinski definition) is 4. The molecular weight excluding hydrogens is 254 g/mol. The lowest BCUT2D eigenvalue weighted by atomic mass is 10.1. The van der Waals surface area contributed by atoms with E-state index in [0.717, 1.165) is 0 Å². The highest BCUT2D eigenvalue weighted by Crippen LogP contribution is 2.37. The Bertz CT molecular complexity index is 572. The molecule has 90 valence electrons. The SMILES string of the molecule is COc1c(Cl)cc(-c2cnoc2N)c(F)c1F. The largest absolute Gasteiger partial charge is 0.492 e. The van der Waals surface area contributed by atoms with Gasteiger partial charge in [-0.15, -0.1) is 0 Å². The molecule has 0 atom stereocenters. The van der Waals surface area contributed by atoms with Crippen LogP contribution in [0.1, 0.15) is 0 Å². The third kappa shape index (κ3) is 1.80. The molecular formula is C10H7ClF2N2O2. The van der Waals surface area contributed by atoms with Crippen molar-refractivity contribution in [2.75, 3.05) is 12.8 Å². The maximum absolute atomic E-state index is 13.7. The van der Waals surface area contributed by atoms with Crippen molar-refractivity contribution >= 4 is 17.5 Å². The molecule has 0 radical (unpaired) electrons. The lowest BCUT2D eigenvalue weighted by Crippen LogP contribution is -1.97. The number of anilines is 1. The molecule has 2 rings (SSSR count). The van der Waals surface area contributed by atoms with Crippen molar-refractivity contribution in [1.82, 2.24) is 5.16 Å². The van der Waals surface area contributed by atoms with Gasteiger partial charge in [0.25, 0.3) is 0 Å². The van der Waals surface area contributed by atoms with E-state index in [4.69, 9.17) is 17.3 Å². The summed E-state index contributed by atoms with van der Waals surface area (Å²) in [6.45, 7) is 0. The van der Waals surface area contributed by atoms with Crippen LogP contribution < -0.4 is 10.5 Å². The lowest BCUT2D eigenvalue weighted by molar-refractivity contribution is 0.372. The van der Waals surface area contributed by atoms with Gasteiger partial charge in [0, 0.05) is 5.56 Å². The van der Waals surface area contributed by atoms with E-state index in [1.54, 1.807) is 0 Å². The number of nitrogen functional groups attached to an aromatic ring is 1. The first kappa shape index (κ1) is 11.7. The van der Waals surface area contributed by atoms with E-state index in [1.165, 1.54) is 19.4 Å². The van der Waals surface area contributed by atoms with E-state index >= 15 is 0 Å². The van der Waals surface area contributed by atoms with E-state index in [0.29, 0.717) is 0 Å². The van der Waals surface area contributed by atoms with Gasteiger partial charge in [0.15, 0.2) is 11.6 Å². The molecule has 0 aliphatic carbocycles. The molecule has 0 amide bonds. The van der Waals surface area contributed by atoms with Gasteiger partial charge in [0.2, 0.25) is 11.7 Å². The van der Waals surface area contributed by atoms with Crippen LogP contribution in [0.3, 0.4) is 0 Å². The van der Waals surface area contributed by atoms with Crippen LogP contribution in [0.4, 0.5) is 14.7 Å². The molecule has 17 heavy (non-hydrogen) atoms. The average molecular weight is 261 g/mol. The highest BCUT2D eigenvalue weighted by molar-refractivity contribution is 6.32. The number of halogens is 3. The molecule has 0 fully saturated rings. The van der Waals surface area contributed by atoms with Crippen molar-refractivity contribution in [1.29, 1.82) is 0 Å². The zero-order valence-corrected chi connectivity index (χ0v) is 9.39. The third-order valence-corrected chi connectivity index (χ3v) is 2.49. The zero-order valence-electron chi connectivity index (χ0n) is 8.63. The van der Waals surface area contributed by atoms with Gasteiger partial charge in [-0.3, -0.25) is 0 Å². The molecule has 4 nitrogen and oxygen atoms in total. The highest BCUT2D eigenvalue weighted by atomic mass is 35.5. The Morgan fingerprint density at radius 2 is 2.06 bits per heavy atom. The van der Waals surface area contributed by atoms with Crippen LogP contribution in [0.25, 0.3) is 11.1 Å². The van der Waals surface area contributed by atoms with Crippen molar-refractivity contribution in [3.05, 3.63) is 28.9 Å². The second kappa shape index (κ2) is 4.21. The van der Waals surface area contributed by atoms with Crippen molar-refractivity contribution in [2.45, 2.75) is 0 Å². The van der Waals surface area contributed by atoms with E-state index in [-0.39, 0.29) is 27.8 Å². The normalized spacial score (nSPS) is 10.6. The quantitative estimate of drug-likeness (QED) is 0.844. The highest BCUT2D eigenvalue weighted by Gasteiger charge is 2.21. The second-order valence-corrected chi connectivity index (χ2v) is 3.58. The van der Waals surface area contributed by atoms with Gasteiger partial charge in [-0.25, -0.2) is 4.39 Å². The Balaban J connectivity index is 2.69. The standard InChI is InChI=1S/C10H7ClF2N2O2/c1-16-9-6(11)2-4(7(12)8(9)13)5-3-15-17-10(5)14/h2-3H,14H2,1H3.